The number of ether oxygens (including phenoxy) is 1. The van der Waals surface area contributed by atoms with Crippen LogP contribution >= 0.6 is 0 Å². The predicted octanol–water partition coefficient (Wildman–Crippen LogP) is 2.96. The molecule has 6 nitrogen and oxygen atoms in total. The zero-order valence-corrected chi connectivity index (χ0v) is 14.7. The van der Waals surface area contributed by atoms with Gasteiger partial charge in [-0.1, -0.05) is 0 Å². The Morgan fingerprint density at radius 1 is 1.28 bits per heavy atom. The lowest BCUT2D eigenvalue weighted by molar-refractivity contribution is -0.181. The van der Waals surface area contributed by atoms with Crippen LogP contribution in [0.25, 0.3) is 0 Å². The number of halogens is 3. The number of pyridine rings is 1. The summed E-state index contributed by atoms with van der Waals surface area (Å²) in [5.41, 5.74) is 5.87. The standard InChI is InChI=1S/C16H23F3N4O2/c1-10-11(20)5-6-13(21-10)22-7-8-23(12(9-22)16(17,18)19)14(24)25-15(2,3)4/h5-6,12H,7-9,20H2,1-4H3. The largest absolute Gasteiger partial charge is 0.444 e. The second kappa shape index (κ2) is 6.61. The van der Waals surface area contributed by atoms with Gasteiger partial charge in [-0.3, -0.25) is 4.90 Å². The zero-order chi connectivity index (χ0) is 19.0. The number of nitrogens with two attached hydrogens (primary N) is 1. The van der Waals surface area contributed by atoms with Crippen molar-refractivity contribution >= 4 is 17.6 Å². The zero-order valence-electron chi connectivity index (χ0n) is 14.7. The van der Waals surface area contributed by atoms with Crippen LogP contribution in [-0.4, -0.2) is 53.4 Å². The second-order valence-electron chi connectivity index (χ2n) is 7.02. The number of nitrogens with zero attached hydrogens (tertiary/aromatic N) is 3. The van der Waals surface area contributed by atoms with Crippen LogP contribution in [0.15, 0.2) is 12.1 Å². The van der Waals surface area contributed by atoms with Crippen molar-refractivity contribution in [3.05, 3.63) is 17.8 Å². The van der Waals surface area contributed by atoms with Gasteiger partial charge in [-0.15, -0.1) is 0 Å². The number of carbonyl (C=O) groups is 1. The van der Waals surface area contributed by atoms with Gasteiger partial charge in [0.1, 0.15) is 17.5 Å². The van der Waals surface area contributed by atoms with Crippen LogP contribution in [-0.2, 0) is 4.74 Å². The maximum Gasteiger partial charge on any atom is 0.410 e. The van der Waals surface area contributed by atoms with Gasteiger partial charge in [0.25, 0.3) is 0 Å². The van der Waals surface area contributed by atoms with E-state index in [1.165, 1.54) is 4.90 Å². The monoisotopic (exact) mass is 360 g/mol. The number of aryl methyl sites for hydroxylation is 1. The van der Waals surface area contributed by atoms with E-state index >= 15 is 0 Å². The van der Waals surface area contributed by atoms with Gasteiger partial charge in [-0.25, -0.2) is 9.78 Å². The molecule has 0 aliphatic carbocycles. The third kappa shape index (κ3) is 4.67. The SMILES string of the molecule is Cc1nc(N2CCN(C(=O)OC(C)(C)C)C(C(F)(F)F)C2)ccc1N. The summed E-state index contributed by atoms with van der Waals surface area (Å²) in [5.74, 6) is 0.407. The van der Waals surface area contributed by atoms with Crippen molar-refractivity contribution in [3.8, 4) is 0 Å². The van der Waals surface area contributed by atoms with Gasteiger partial charge in [0.15, 0.2) is 0 Å². The third-order valence-electron chi connectivity index (χ3n) is 3.82. The Kier molecular flexibility index (Phi) is 5.06. The van der Waals surface area contributed by atoms with Crippen molar-refractivity contribution in [2.24, 2.45) is 0 Å². The van der Waals surface area contributed by atoms with E-state index in [-0.39, 0.29) is 13.1 Å². The lowest BCUT2D eigenvalue weighted by Gasteiger charge is -2.42. The van der Waals surface area contributed by atoms with Crippen molar-refractivity contribution in [2.75, 3.05) is 30.3 Å². The summed E-state index contributed by atoms with van der Waals surface area (Å²) < 4.78 is 45.6. The van der Waals surface area contributed by atoms with E-state index < -0.39 is 30.5 Å². The van der Waals surface area contributed by atoms with Gasteiger partial charge in [-0.2, -0.15) is 13.2 Å². The quantitative estimate of drug-likeness (QED) is 0.834. The molecule has 1 saturated heterocycles. The van der Waals surface area contributed by atoms with E-state index in [0.29, 0.717) is 17.2 Å². The third-order valence-corrected chi connectivity index (χ3v) is 3.82. The minimum Gasteiger partial charge on any atom is -0.444 e. The Hall–Kier alpha value is -2.19. The first kappa shape index (κ1) is 19.1. The molecule has 1 aromatic heterocycles. The molecule has 1 aliphatic heterocycles. The molecule has 1 fully saturated rings. The average Bonchev–Trinajstić information content (AvgIpc) is 2.47. The summed E-state index contributed by atoms with van der Waals surface area (Å²) in [6.07, 6.45) is -5.53. The number of hydrogen-bond acceptors (Lipinski definition) is 5. The fourth-order valence-corrected chi connectivity index (χ4v) is 2.54. The van der Waals surface area contributed by atoms with Crippen molar-refractivity contribution in [1.82, 2.24) is 9.88 Å². The number of amides is 1. The summed E-state index contributed by atoms with van der Waals surface area (Å²) in [6.45, 7) is 6.25. The molecule has 1 atom stereocenters. The van der Waals surface area contributed by atoms with E-state index in [0.717, 1.165) is 4.90 Å². The first-order chi connectivity index (χ1) is 11.4. The van der Waals surface area contributed by atoms with Gasteiger partial charge in [0.05, 0.1) is 11.4 Å². The number of aromatic nitrogens is 1. The Morgan fingerprint density at radius 3 is 2.44 bits per heavy atom. The Balaban J connectivity index is 2.22. The predicted molar refractivity (Wildman–Crippen MR) is 88.4 cm³/mol. The van der Waals surface area contributed by atoms with E-state index in [2.05, 4.69) is 4.98 Å². The number of rotatable bonds is 1. The molecular formula is C16H23F3N4O2. The highest BCUT2D eigenvalue weighted by Crippen LogP contribution is 2.31. The second-order valence-corrected chi connectivity index (χ2v) is 7.02. The molecule has 0 saturated carbocycles. The molecule has 1 amide bonds. The minimum atomic E-state index is -4.57. The Labute approximate surface area is 144 Å². The molecule has 2 rings (SSSR count). The van der Waals surface area contributed by atoms with Crippen LogP contribution in [0.3, 0.4) is 0 Å². The number of piperazine rings is 1. The van der Waals surface area contributed by atoms with Crippen LogP contribution in [0.4, 0.5) is 29.5 Å². The smallest absolute Gasteiger partial charge is 0.410 e. The number of nitrogen functional groups attached to an aromatic ring is 1. The summed E-state index contributed by atoms with van der Waals surface area (Å²) in [5, 5.41) is 0. The number of alkyl halides is 3. The molecule has 1 aromatic rings. The van der Waals surface area contributed by atoms with Crippen molar-refractivity contribution in [2.45, 2.75) is 45.5 Å². The molecule has 2 N–H and O–H groups in total. The van der Waals surface area contributed by atoms with E-state index in [4.69, 9.17) is 10.5 Å². The molecular weight excluding hydrogens is 337 g/mol. The molecule has 1 unspecified atom stereocenters. The molecule has 0 radical (unpaired) electrons. The van der Waals surface area contributed by atoms with Crippen LogP contribution in [0, 0.1) is 6.92 Å². The number of carbonyl (C=O) groups excluding carboxylic acids is 1. The summed E-state index contributed by atoms with van der Waals surface area (Å²) in [4.78, 5) is 18.7. The summed E-state index contributed by atoms with van der Waals surface area (Å²) >= 11 is 0. The highest BCUT2D eigenvalue weighted by atomic mass is 19.4. The molecule has 2 heterocycles. The minimum absolute atomic E-state index is 0.107. The van der Waals surface area contributed by atoms with Crippen LogP contribution in [0.2, 0.25) is 0 Å². The Morgan fingerprint density at radius 2 is 1.92 bits per heavy atom. The average molecular weight is 360 g/mol. The fraction of sp³-hybridized carbons (Fsp3) is 0.625. The summed E-state index contributed by atoms with van der Waals surface area (Å²) in [6, 6.07) is 1.23. The van der Waals surface area contributed by atoms with Crippen molar-refractivity contribution < 1.29 is 22.7 Å². The highest BCUT2D eigenvalue weighted by Gasteiger charge is 2.49. The molecule has 1 aliphatic rings. The molecule has 0 aromatic carbocycles. The maximum atomic E-state index is 13.5. The highest BCUT2D eigenvalue weighted by molar-refractivity contribution is 5.69. The normalized spacial score (nSPS) is 19.1. The lowest BCUT2D eigenvalue weighted by atomic mass is 10.1. The maximum absolute atomic E-state index is 13.5. The fourth-order valence-electron chi connectivity index (χ4n) is 2.54. The Bertz CT molecular complexity index is 643. The van der Waals surface area contributed by atoms with Gasteiger partial charge >= 0.3 is 12.3 Å². The van der Waals surface area contributed by atoms with Gasteiger partial charge in [-0.05, 0) is 39.8 Å². The van der Waals surface area contributed by atoms with Gasteiger partial charge in [0.2, 0.25) is 0 Å². The van der Waals surface area contributed by atoms with Gasteiger partial charge < -0.3 is 15.4 Å². The lowest BCUT2D eigenvalue weighted by Crippen LogP contribution is -2.61. The molecule has 9 heteroatoms. The molecule has 25 heavy (non-hydrogen) atoms. The molecule has 140 valence electrons. The van der Waals surface area contributed by atoms with E-state index in [1.807, 2.05) is 0 Å². The van der Waals surface area contributed by atoms with Crippen molar-refractivity contribution in [1.29, 1.82) is 0 Å². The number of anilines is 2. The molecule has 0 spiro atoms. The van der Waals surface area contributed by atoms with Gasteiger partial charge in [0, 0.05) is 19.6 Å². The van der Waals surface area contributed by atoms with Crippen molar-refractivity contribution in [3.63, 3.8) is 0 Å². The summed E-state index contributed by atoms with van der Waals surface area (Å²) in [7, 11) is 0. The van der Waals surface area contributed by atoms with Crippen LogP contribution < -0.4 is 10.6 Å². The first-order valence-electron chi connectivity index (χ1n) is 7.93. The topological polar surface area (TPSA) is 71.7 Å². The first-order valence-corrected chi connectivity index (χ1v) is 7.93. The van der Waals surface area contributed by atoms with Crippen LogP contribution in [0.5, 0.6) is 0 Å². The van der Waals surface area contributed by atoms with Crippen LogP contribution in [0.1, 0.15) is 26.5 Å². The van der Waals surface area contributed by atoms with E-state index in [1.54, 1.807) is 39.8 Å². The number of hydrogen-bond donors (Lipinski definition) is 1. The van der Waals surface area contributed by atoms with E-state index in [9.17, 15) is 18.0 Å². The molecule has 0 bridgehead atoms.